The fourth-order valence-electron chi connectivity index (χ4n) is 3.38. The average molecular weight is 368 g/mol. The lowest BCUT2D eigenvalue weighted by Gasteiger charge is -2.36. The first-order chi connectivity index (χ1) is 11.8. The summed E-state index contributed by atoms with van der Waals surface area (Å²) in [6.45, 7) is 5.07. The van der Waals surface area contributed by atoms with Crippen LogP contribution in [-0.4, -0.2) is 36.7 Å². The Labute approximate surface area is 153 Å². The maximum Gasteiger partial charge on any atom is 0.308 e. The average Bonchev–Trinajstić information content (AvgIpc) is 2.58. The number of benzene rings is 1. The monoisotopic (exact) mass is 367 g/mol. The molecule has 1 aliphatic heterocycles. The van der Waals surface area contributed by atoms with Crippen molar-refractivity contribution in [3.63, 3.8) is 0 Å². The molecule has 138 valence electrons. The first-order valence-electron chi connectivity index (χ1n) is 8.70. The Bertz CT molecular complexity index is 611. The van der Waals surface area contributed by atoms with Gasteiger partial charge in [-0.2, -0.15) is 0 Å². The number of hydrogen-bond acceptors (Lipinski definition) is 3. The van der Waals surface area contributed by atoms with E-state index in [1.54, 1.807) is 6.07 Å². The Hall–Kier alpha value is -1.59. The van der Waals surface area contributed by atoms with E-state index in [2.05, 4.69) is 5.32 Å². The molecule has 6 heteroatoms. The second-order valence-electron chi connectivity index (χ2n) is 7.08. The quantitative estimate of drug-likeness (QED) is 0.775. The van der Waals surface area contributed by atoms with E-state index >= 15 is 0 Å². The van der Waals surface area contributed by atoms with Crippen molar-refractivity contribution in [2.24, 2.45) is 11.8 Å². The molecule has 1 heterocycles. The molecule has 1 fully saturated rings. The minimum Gasteiger partial charge on any atom is -0.481 e. The molecule has 2 rings (SSSR count). The summed E-state index contributed by atoms with van der Waals surface area (Å²) >= 11 is 6.12. The van der Waals surface area contributed by atoms with Gasteiger partial charge in [0.05, 0.1) is 11.3 Å². The number of hydrogen-bond donors (Lipinski definition) is 2. The summed E-state index contributed by atoms with van der Waals surface area (Å²) in [5.41, 5.74) is 0.140. The van der Waals surface area contributed by atoms with E-state index in [-0.39, 0.29) is 18.4 Å². The number of carboxylic acid groups (broad SMARTS) is 1. The highest BCUT2D eigenvalue weighted by Crippen LogP contribution is 2.36. The number of halogens is 1. The van der Waals surface area contributed by atoms with E-state index in [4.69, 9.17) is 16.3 Å². The maximum absolute atomic E-state index is 13.0. The molecular weight excluding hydrogens is 342 g/mol. The van der Waals surface area contributed by atoms with Gasteiger partial charge < -0.3 is 15.2 Å². The minimum absolute atomic E-state index is 0.134. The Morgan fingerprint density at radius 1 is 1.32 bits per heavy atom. The van der Waals surface area contributed by atoms with E-state index in [1.165, 1.54) is 0 Å². The summed E-state index contributed by atoms with van der Waals surface area (Å²) < 4.78 is 5.44. The summed E-state index contributed by atoms with van der Waals surface area (Å²) in [7, 11) is 0. The van der Waals surface area contributed by atoms with Crippen LogP contribution >= 0.6 is 11.6 Å². The summed E-state index contributed by atoms with van der Waals surface area (Å²) in [4.78, 5) is 24.5. The van der Waals surface area contributed by atoms with Gasteiger partial charge in [0.2, 0.25) is 5.91 Å². The number of ether oxygens (including phenoxy) is 1. The Kier molecular flexibility index (Phi) is 6.85. The molecular formula is C19H26ClNO4. The molecule has 0 radical (unpaired) electrons. The van der Waals surface area contributed by atoms with E-state index < -0.39 is 17.3 Å². The van der Waals surface area contributed by atoms with Crippen LogP contribution in [-0.2, 0) is 19.7 Å². The highest BCUT2D eigenvalue weighted by molar-refractivity contribution is 6.30. The van der Waals surface area contributed by atoms with Gasteiger partial charge in [0.15, 0.2) is 0 Å². The first kappa shape index (κ1) is 19.7. The van der Waals surface area contributed by atoms with Crippen LogP contribution in [0, 0.1) is 11.8 Å². The number of carboxylic acids is 1. The number of rotatable bonds is 7. The van der Waals surface area contributed by atoms with Crippen LogP contribution in [0.4, 0.5) is 0 Å². The minimum atomic E-state index is -0.877. The van der Waals surface area contributed by atoms with Gasteiger partial charge in [0.25, 0.3) is 0 Å². The van der Waals surface area contributed by atoms with Gasteiger partial charge in [0, 0.05) is 24.8 Å². The summed E-state index contributed by atoms with van der Waals surface area (Å²) in [6, 6.07) is 7.33. The molecule has 0 saturated carbocycles. The van der Waals surface area contributed by atoms with E-state index in [9.17, 15) is 14.7 Å². The van der Waals surface area contributed by atoms with E-state index in [1.807, 2.05) is 32.0 Å². The normalized spacial score (nSPS) is 17.9. The zero-order chi connectivity index (χ0) is 18.4. The van der Waals surface area contributed by atoms with Crippen molar-refractivity contribution in [2.45, 2.75) is 38.5 Å². The second kappa shape index (κ2) is 8.68. The van der Waals surface area contributed by atoms with Crippen molar-refractivity contribution >= 4 is 23.5 Å². The molecule has 0 spiro atoms. The molecule has 1 aromatic rings. The summed E-state index contributed by atoms with van der Waals surface area (Å²) in [5.74, 6) is -1.35. The standard InChI is InChI=1S/C19H26ClNO4/c1-13(2)10-14(17(22)23)12-21-18(24)19(6-8-25-9-7-19)15-4-3-5-16(20)11-15/h3-5,11,13-14H,6-10,12H2,1-2H3,(H,21,24)(H,22,23). The smallest absolute Gasteiger partial charge is 0.308 e. The molecule has 1 amide bonds. The summed E-state index contributed by atoms with van der Waals surface area (Å²) in [5, 5.41) is 12.8. The van der Waals surface area contributed by atoms with Crippen LogP contribution in [0.3, 0.4) is 0 Å². The molecule has 5 nitrogen and oxygen atoms in total. The molecule has 1 aromatic carbocycles. The molecule has 1 aliphatic rings. The lowest BCUT2D eigenvalue weighted by Crippen LogP contribution is -2.49. The number of carbonyl (C=O) groups excluding carboxylic acids is 1. The Morgan fingerprint density at radius 3 is 2.56 bits per heavy atom. The van der Waals surface area contributed by atoms with Crippen molar-refractivity contribution in [3.05, 3.63) is 34.9 Å². The Balaban J connectivity index is 2.17. The number of aliphatic carboxylic acids is 1. The third-order valence-corrected chi connectivity index (χ3v) is 5.01. The number of carbonyl (C=O) groups is 2. The van der Waals surface area contributed by atoms with Gasteiger partial charge in [-0.3, -0.25) is 9.59 Å². The highest BCUT2D eigenvalue weighted by Gasteiger charge is 2.42. The Morgan fingerprint density at radius 2 is 2.00 bits per heavy atom. The molecule has 0 bridgehead atoms. The maximum atomic E-state index is 13.0. The molecule has 0 aliphatic carbocycles. The van der Waals surface area contributed by atoms with Crippen molar-refractivity contribution < 1.29 is 19.4 Å². The second-order valence-corrected chi connectivity index (χ2v) is 7.52. The van der Waals surface area contributed by atoms with E-state index in [0.29, 0.717) is 37.5 Å². The molecule has 2 N–H and O–H groups in total. The third-order valence-electron chi connectivity index (χ3n) is 4.77. The van der Waals surface area contributed by atoms with Gasteiger partial charge in [0.1, 0.15) is 0 Å². The SMILES string of the molecule is CC(C)CC(CNC(=O)C1(c2cccc(Cl)c2)CCOCC1)C(=O)O. The molecule has 0 aromatic heterocycles. The number of amides is 1. The van der Waals surface area contributed by atoms with Crippen LogP contribution < -0.4 is 5.32 Å². The zero-order valence-corrected chi connectivity index (χ0v) is 15.5. The highest BCUT2D eigenvalue weighted by atomic mass is 35.5. The van der Waals surface area contributed by atoms with Gasteiger partial charge in [-0.1, -0.05) is 37.6 Å². The topological polar surface area (TPSA) is 75.6 Å². The van der Waals surface area contributed by atoms with Crippen molar-refractivity contribution in [2.75, 3.05) is 19.8 Å². The molecule has 1 unspecified atom stereocenters. The van der Waals surface area contributed by atoms with Crippen LogP contribution in [0.25, 0.3) is 0 Å². The zero-order valence-electron chi connectivity index (χ0n) is 14.8. The predicted molar refractivity (Wildman–Crippen MR) is 96.8 cm³/mol. The third kappa shape index (κ3) is 4.95. The number of nitrogens with one attached hydrogen (secondary N) is 1. The lowest BCUT2D eigenvalue weighted by atomic mass is 9.73. The van der Waals surface area contributed by atoms with Crippen LogP contribution in [0.5, 0.6) is 0 Å². The largest absolute Gasteiger partial charge is 0.481 e. The predicted octanol–water partition coefficient (Wildman–Crippen LogP) is 3.25. The van der Waals surface area contributed by atoms with Crippen LogP contribution in [0.15, 0.2) is 24.3 Å². The van der Waals surface area contributed by atoms with E-state index in [0.717, 1.165) is 5.56 Å². The van der Waals surface area contributed by atoms with Gasteiger partial charge in [-0.05, 0) is 42.9 Å². The molecule has 1 saturated heterocycles. The van der Waals surface area contributed by atoms with Gasteiger partial charge in [-0.25, -0.2) is 0 Å². The van der Waals surface area contributed by atoms with Crippen molar-refractivity contribution in [1.82, 2.24) is 5.32 Å². The fraction of sp³-hybridized carbons (Fsp3) is 0.579. The molecule has 25 heavy (non-hydrogen) atoms. The molecule has 1 atom stereocenters. The fourth-order valence-corrected chi connectivity index (χ4v) is 3.57. The van der Waals surface area contributed by atoms with Gasteiger partial charge in [-0.15, -0.1) is 0 Å². The first-order valence-corrected chi connectivity index (χ1v) is 9.08. The van der Waals surface area contributed by atoms with Crippen molar-refractivity contribution in [3.8, 4) is 0 Å². The van der Waals surface area contributed by atoms with Gasteiger partial charge >= 0.3 is 5.97 Å². The summed E-state index contributed by atoms with van der Waals surface area (Å²) in [6.07, 6.45) is 1.64. The lowest BCUT2D eigenvalue weighted by molar-refractivity contribution is -0.142. The van der Waals surface area contributed by atoms with Crippen molar-refractivity contribution in [1.29, 1.82) is 0 Å². The van der Waals surface area contributed by atoms with Crippen LogP contribution in [0.1, 0.15) is 38.7 Å². The van der Waals surface area contributed by atoms with Crippen LogP contribution in [0.2, 0.25) is 5.02 Å².